The Balaban J connectivity index is 1.39. The number of methoxy groups -OCH3 is 1. The van der Waals surface area contributed by atoms with Gasteiger partial charge in [-0.15, -0.1) is 11.3 Å². The van der Waals surface area contributed by atoms with Crippen LogP contribution >= 0.6 is 11.3 Å². The number of ether oxygens (including phenoxy) is 3. The maximum atomic E-state index is 12.5. The van der Waals surface area contributed by atoms with Crippen LogP contribution in [0.4, 0.5) is 5.13 Å². The normalized spacial score (nSPS) is 20.4. The van der Waals surface area contributed by atoms with Gasteiger partial charge in [-0.1, -0.05) is 6.07 Å². The number of carbonyl (C=O) groups is 3. The molecule has 11 heteroatoms. The van der Waals surface area contributed by atoms with Crippen molar-refractivity contribution in [2.24, 2.45) is 0 Å². The molecule has 2 saturated heterocycles. The smallest absolute Gasteiger partial charge is 0.355 e. The van der Waals surface area contributed by atoms with Crippen LogP contribution in [0, 0.1) is 0 Å². The number of hydrogen-bond donors (Lipinski definition) is 2. The van der Waals surface area contributed by atoms with Crippen LogP contribution in [0.1, 0.15) is 34.8 Å². The van der Waals surface area contributed by atoms with E-state index in [2.05, 4.69) is 10.3 Å². The number of likely N-dealkylation sites (tertiary alicyclic amines) is 1. The van der Waals surface area contributed by atoms with Gasteiger partial charge in [-0.3, -0.25) is 9.59 Å². The standard InChI is InChI=1S/C21H23N3O7S/c1-29-16-3-2-12(6-17(16)31-14-4-5-30-10-14)13-7-19(26)24(8-13)9-18(25)23-21-22-15(11-32-21)20(27)28/h2-3,6,11,13-14H,4-5,7-10H2,1H3,(H,27,28)(H,22,23,25)/t13-,14?/m1/s1. The number of anilines is 1. The highest BCUT2D eigenvalue weighted by atomic mass is 32.1. The molecule has 2 aliphatic heterocycles. The van der Waals surface area contributed by atoms with Crippen molar-refractivity contribution in [2.45, 2.75) is 24.9 Å². The van der Waals surface area contributed by atoms with Crippen LogP contribution in [-0.2, 0) is 14.3 Å². The first-order chi connectivity index (χ1) is 15.4. The highest BCUT2D eigenvalue weighted by Gasteiger charge is 2.32. The van der Waals surface area contributed by atoms with Gasteiger partial charge in [0.15, 0.2) is 22.3 Å². The van der Waals surface area contributed by atoms with Crippen LogP contribution in [0.5, 0.6) is 11.5 Å². The summed E-state index contributed by atoms with van der Waals surface area (Å²) in [5.41, 5.74) is 0.798. The van der Waals surface area contributed by atoms with E-state index in [-0.39, 0.29) is 41.7 Å². The van der Waals surface area contributed by atoms with Crippen LogP contribution < -0.4 is 14.8 Å². The van der Waals surface area contributed by atoms with E-state index in [9.17, 15) is 14.4 Å². The van der Waals surface area contributed by atoms with E-state index in [1.807, 2.05) is 18.2 Å². The summed E-state index contributed by atoms with van der Waals surface area (Å²) in [7, 11) is 1.58. The molecule has 1 aromatic carbocycles. The number of aromatic nitrogens is 1. The summed E-state index contributed by atoms with van der Waals surface area (Å²) in [6, 6.07) is 5.62. The minimum absolute atomic E-state index is 0.0305. The van der Waals surface area contributed by atoms with Crippen molar-refractivity contribution >= 4 is 34.3 Å². The van der Waals surface area contributed by atoms with Crippen molar-refractivity contribution in [3.05, 3.63) is 34.8 Å². The minimum Gasteiger partial charge on any atom is -0.493 e. The van der Waals surface area contributed by atoms with E-state index in [1.54, 1.807) is 7.11 Å². The van der Waals surface area contributed by atoms with Crippen LogP contribution in [0.15, 0.2) is 23.6 Å². The van der Waals surface area contributed by atoms with Gasteiger partial charge < -0.3 is 29.5 Å². The Morgan fingerprint density at radius 2 is 2.22 bits per heavy atom. The predicted molar refractivity (Wildman–Crippen MR) is 114 cm³/mol. The lowest BCUT2D eigenvalue weighted by Gasteiger charge is -2.18. The lowest BCUT2D eigenvalue weighted by molar-refractivity contribution is -0.131. The third kappa shape index (κ3) is 5.00. The molecule has 2 amide bonds. The van der Waals surface area contributed by atoms with E-state index >= 15 is 0 Å². The Morgan fingerprint density at radius 1 is 1.38 bits per heavy atom. The zero-order valence-electron chi connectivity index (χ0n) is 17.4. The molecular formula is C21H23N3O7S. The van der Waals surface area contributed by atoms with Gasteiger partial charge in [-0.05, 0) is 17.7 Å². The van der Waals surface area contributed by atoms with Crippen LogP contribution in [-0.4, -0.2) is 72.3 Å². The van der Waals surface area contributed by atoms with Crippen molar-refractivity contribution in [3.8, 4) is 11.5 Å². The second-order valence-corrected chi connectivity index (χ2v) is 8.44. The average Bonchev–Trinajstić information content (AvgIpc) is 3.51. The number of carbonyl (C=O) groups excluding carboxylic acids is 2. The highest BCUT2D eigenvalue weighted by molar-refractivity contribution is 7.14. The zero-order valence-corrected chi connectivity index (χ0v) is 18.2. The zero-order chi connectivity index (χ0) is 22.7. The molecule has 0 aliphatic carbocycles. The number of carboxylic acid groups (broad SMARTS) is 1. The molecule has 0 saturated carbocycles. The molecule has 2 atom stereocenters. The predicted octanol–water partition coefficient (Wildman–Crippen LogP) is 1.97. The van der Waals surface area contributed by atoms with Gasteiger partial charge in [0.05, 0.1) is 26.9 Å². The summed E-state index contributed by atoms with van der Waals surface area (Å²) in [5.74, 6) is -0.569. The van der Waals surface area contributed by atoms with Crippen LogP contribution in [0.2, 0.25) is 0 Å². The average molecular weight is 461 g/mol. The van der Waals surface area contributed by atoms with Gasteiger partial charge in [0.2, 0.25) is 11.8 Å². The highest BCUT2D eigenvalue weighted by Crippen LogP contribution is 2.36. The SMILES string of the molecule is COc1ccc([C@@H]2CC(=O)N(CC(=O)Nc3nc(C(=O)O)cs3)C2)cc1OC1CCOC1. The molecule has 0 radical (unpaired) electrons. The molecule has 4 rings (SSSR count). The molecule has 32 heavy (non-hydrogen) atoms. The first-order valence-corrected chi connectivity index (χ1v) is 11.0. The maximum Gasteiger partial charge on any atom is 0.355 e. The molecular weight excluding hydrogens is 438 g/mol. The second kappa shape index (κ2) is 9.53. The number of aromatic carboxylic acids is 1. The lowest BCUT2D eigenvalue weighted by Crippen LogP contribution is -2.34. The summed E-state index contributed by atoms with van der Waals surface area (Å²) < 4.78 is 16.8. The van der Waals surface area contributed by atoms with Crippen molar-refractivity contribution < 1.29 is 33.7 Å². The fraction of sp³-hybridized carbons (Fsp3) is 0.429. The topological polar surface area (TPSA) is 127 Å². The molecule has 0 spiro atoms. The molecule has 1 unspecified atom stereocenters. The van der Waals surface area contributed by atoms with Gasteiger partial charge in [0.1, 0.15) is 6.10 Å². The first-order valence-electron chi connectivity index (χ1n) is 10.1. The van der Waals surface area contributed by atoms with Gasteiger partial charge in [-0.25, -0.2) is 9.78 Å². The fourth-order valence-electron chi connectivity index (χ4n) is 3.73. The van der Waals surface area contributed by atoms with E-state index in [1.165, 1.54) is 10.3 Å². The van der Waals surface area contributed by atoms with Crippen molar-refractivity contribution in [1.82, 2.24) is 9.88 Å². The quantitative estimate of drug-likeness (QED) is 0.611. The van der Waals surface area contributed by atoms with Gasteiger partial charge in [0, 0.05) is 30.7 Å². The first kappa shape index (κ1) is 22.0. The van der Waals surface area contributed by atoms with Crippen molar-refractivity contribution in [1.29, 1.82) is 0 Å². The molecule has 2 aliphatic rings. The van der Waals surface area contributed by atoms with E-state index in [0.717, 1.165) is 23.3 Å². The number of nitrogens with zero attached hydrogens (tertiary/aromatic N) is 2. The number of rotatable bonds is 8. The molecule has 3 heterocycles. The summed E-state index contributed by atoms with van der Waals surface area (Å²) in [6.07, 6.45) is 1.06. The number of thiazole rings is 1. The Labute approximate surface area is 188 Å². The summed E-state index contributed by atoms with van der Waals surface area (Å²) in [6.45, 7) is 1.46. The largest absolute Gasteiger partial charge is 0.493 e. The van der Waals surface area contributed by atoms with Crippen molar-refractivity contribution in [2.75, 3.05) is 38.7 Å². The Hall–Kier alpha value is -3.18. The number of nitrogens with one attached hydrogen (secondary N) is 1. The summed E-state index contributed by atoms with van der Waals surface area (Å²) in [4.78, 5) is 41.1. The number of carboxylic acids is 1. The second-order valence-electron chi connectivity index (χ2n) is 7.58. The van der Waals surface area contributed by atoms with E-state index in [0.29, 0.717) is 31.3 Å². The molecule has 2 aromatic rings. The van der Waals surface area contributed by atoms with E-state index < -0.39 is 11.9 Å². The maximum absolute atomic E-state index is 12.5. The third-order valence-corrected chi connectivity index (χ3v) is 6.12. The van der Waals surface area contributed by atoms with E-state index in [4.69, 9.17) is 19.3 Å². The summed E-state index contributed by atoms with van der Waals surface area (Å²) in [5, 5.41) is 13.0. The Morgan fingerprint density at radius 3 is 2.91 bits per heavy atom. The molecule has 2 fully saturated rings. The molecule has 10 nitrogen and oxygen atoms in total. The summed E-state index contributed by atoms with van der Waals surface area (Å²) >= 11 is 1.02. The van der Waals surface area contributed by atoms with Gasteiger partial charge in [-0.2, -0.15) is 0 Å². The Bertz CT molecular complexity index is 1020. The molecule has 0 bridgehead atoms. The number of benzene rings is 1. The monoisotopic (exact) mass is 461 g/mol. The van der Waals surface area contributed by atoms with Crippen LogP contribution in [0.3, 0.4) is 0 Å². The number of hydrogen-bond acceptors (Lipinski definition) is 8. The number of amides is 2. The minimum atomic E-state index is -1.16. The van der Waals surface area contributed by atoms with Crippen LogP contribution in [0.25, 0.3) is 0 Å². The molecule has 170 valence electrons. The van der Waals surface area contributed by atoms with Gasteiger partial charge >= 0.3 is 5.97 Å². The molecule has 2 N–H and O–H groups in total. The third-order valence-electron chi connectivity index (χ3n) is 5.36. The van der Waals surface area contributed by atoms with Gasteiger partial charge in [0.25, 0.3) is 0 Å². The Kier molecular flexibility index (Phi) is 6.56. The fourth-order valence-corrected chi connectivity index (χ4v) is 4.44. The lowest BCUT2D eigenvalue weighted by atomic mass is 9.98. The van der Waals surface area contributed by atoms with Crippen molar-refractivity contribution in [3.63, 3.8) is 0 Å². The molecule has 1 aromatic heterocycles.